The van der Waals surface area contributed by atoms with E-state index in [1.807, 2.05) is 36.5 Å². The fourth-order valence-electron chi connectivity index (χ4n) is 4.06. The summed E-state index contributed by atoms with van der Waals surface area (Å²) in [5.41, 5.74) is 9.93. The third-order valence-electron chi connectivity index (χ3n) is 5.87. The number of nitrogens with zero attached hydrogens (tertiary/aromatic N) is 5. The lowest BCUT2D eigenvalue weighted by Gasteiger charge is -2.12. The Morgan fingerprint density at radius 2 is 2.03 bits per heavy atom. The third kappa shape index (κ3) is 7.51. The molecular formula is C26H32N9S+. The Labute approximate surface area is 215 Å². The Morgan fingerprint density at radius 3 is 2.81 bits per heavy atom. The highest BCUT2D eigenvalue weighted by Gasteiger charge is 2.11. The summed E-state index contributed by atoms with van der Waals surface area (Å²) in [6.07, 6.45) is 11.0. The van der Waals surface area contributed by atoms with Gasteiger partial charge in [0.15, 0.2) is 11.0 Å². The van der Waals surface area contributed by atoms with Gasteiger partial charge in [0.1, 0.15) is 6.20 Å². The van der Waals surface area contributed by atoms with Gasteiger partial charge in [-0.25, -0.2) is 9.98 Å². The van der Waals surface area contributed by atoms with Crippen LogP contribution in [0.15, 0.2) is 60.0 Å². The maximum Gasteiger partial charge on any atom is 0.166 e. The number of allylic oxidation sites excluding steroid dienone is 1. The number of pyridine rings is 3. The van der Waals surface area contributed by atoms with Crippen molar-refractivity contribution in [2.45, 2.75) is 25.7 Å². The molecule has 4 rings (SSSR count). The van der Waals surface area contributed by atoms with Crippen LogP contribution in [0.5, 0.6) is 0 Å². The first kappa shape index (κ1) is 25.6. The number of rotatable bonds is 10. The van der Waals surface area contributed by atoms with E-state index < -0.39 is 0 Å². The summed E-state index contributed by atoms with van der Waals surface area (Å²) in [6.45, 7) is 4.57. The van der Waals surface area contributed by atoms with Crippen molar-refractivity contribution in [1.29, 1.82) is 10.8 Å². The van der Waals surface area contributed by atoms with E-state index in [9.17, 15) is 0 Å². The van der Waals surface area contributed by atoms with Crippen LogP contribution in [0, 0.1) is 10.8 Å². The van der Waals surface area contributed by atoms with Crippen LogP contribution in [0.4, 0.5) is 5.82 Å². The highest BCUT2D eigenvalue weighted by Crippen LogP contribution is 2.20. The predicted octanol–water partition coefficient (Wildman–Crippen LogP) is 2.96. The van der Waals surface area contributed by atoms with Gasteiger partial charge in [-0.15, -0.1) is 0 Å². The summed E-state index contributed by atoms with van der Waals surface area (Å²) in [4.78, 5) is 20.2. The smallest absolute Gasteiger partial charge is 0.166 e. The van der Waals surface area contributed by atoms with Gasteiger partial charge in [-0.05, 0) is 68.0 Å². The summed E-state index contributed by atoms with van der Waals surface area (Å²) in [5.74, 6) is 0.450. The third-order valence-corrected chi connectivity index (χ3v) is 6.56. The van der Waals surface area contributed by atoms with E-state index in [0.29, 0.717) is 22.8 Å². The average Bonchev–Trinajstić information content (AvgIpc) is 3.40. The molecule has 10 heteroatoms. The van der Waals surface area contributed by atoms with E-state index >= 15 is 0 Å². The van der Waals surface area contributed by atoms with Gasteiger partial charge >= 0.3 is 0 Å². The number of quaternary nitrogens is 1. The summed E-state index contributed by atoms with van der Waals surface area (Å²) in [5, 5.41) is 18.8. The minimum absolute atomic E-state index is 0.246. The molecule has 1 aliphatic rings. The zero-order valence-corrected chi connectivity index (χ0v) is 21.0. The number of amidine groups is 1. The summed E-state index contributed by atoms with van der Waals surface area (Å²) >= 11 is 1.10. The molecule has 6 N–H and O–H groups in total. The molecule has 4 heterocycles. The molecule has 3 aromatic rings. The number of aliphatic imine (C=N–C) groups is 1. The van der Waals surface area contributed by atoms with Crippen molar-refractivity contribution in [2.75, 3.05) is 26.2 Å². The van der Waals surface area contributed by atoms with Crippen molar-refractivity contribution in [1.82, 2.24) is 19.9 Å². The highest BCUT2D eigenvalue weighted by molar-refractivity contribution is 8.26. The topological polar surface area (TPSA) is 145 Å². The quantitative estimate of drug-likeness (QED) is 0.191. The molecule has 0 aromatic carbocycles. The Bertz CT molecular complexity index is 1250. The first-order valence-corrected chi connectivity index (χ1v) is 13.0. The van der Waals surface area contributed by atoms with Crippen molar-refractivity contribution in [2.24, 2.45) is 10.7 Å². The molecule has 36 heavy (non-hydrogen) atoms. The summed E-state index contributed by atoms with van der Waals surface area (Å²) < 4.78 is 0. The van der Waals surface area contributed by atoms with Crippen LogP contribution >= 0.6 is 11.8 Å². The molecule has 0 radical (unpaired) electrons. The van der Waals surface area contributed by atoms with Crippen LogP contribution in [-0.4, -0.2) is 62.5 Å². The molecule has 0 amide bonds. The molecule has 3 aromatic heterocycles. The Hall–Kier alpha value is -3.47. The first-order chi connectivity index (χ1) is 17.6. The lowest BCUT2D eigenvalue weighted by molar-refractivity contribution is -0.587. The number of thioether (sulfide) groups is 1. The van der Waals surface area contributed by atoms with E-state index in [2.05, 4.69) is 30.2 Å². The van der Waals surface area contributed by atoms with Crippen molar-refractivity contribution >= 4 is 50.6 Å². The second kappa shape index (κ2) is 13.0. The number of likely N-dealkylation sites (tertiary alicyclic amines) is 1. The summed E-state index contributed by atoms with van der Waals surface area (Å²) in [6, 6.07) is 11.1. The van der Waals surface area contributed by atoms with Gasteiger partial charge in [-0.2, -0.15) is 0 Å². The molecule has 0 aliphatic carbocycles. The molecule has 0 bridgehead atoms. The number of nitrogens with one attached hydrogen (secondary N) is 2. The molecule has 0 saturated carbocycles. The average molecular weight is 503 g/mol. The maximum atomic E-state index is 8.17. The van der Waals surface area contributed by atoms with E-state index in [0.717, 1.165) is 53.6 Å². The number of hydrogen-bond acceptors (Lipinski definition) is 8. The van der Waals surface area contributed by atoms with Gasteiger partial charge in [0.05, 0.1) is 28.2 Å². The zero-order chi connectivity index (χ0) is 25.2. The van der Waals surface area contributed by atoms with Crippen LogP contribution in [0.3, 0.4) is 0 Å². The number of nitrogens with two attached hydrogens (primary N) is 2. The fourth-order valence-corrected chi connectivity index (χ4v) is 4.67. The number of hydrogen-bond donors (Lipinski definition) is 4. The lowest BCUT2D eigenvalue weighted by atomic mass is 10.1. The summed E-state index contributed by atoms with van der Waals surface area (Å²) in [7, 11) is 0. The monoisotopic (exact) mass is 502 g/mol. The molecule has 1 fully saturated rings. The fraction of sp³-hybridized carbons (Fsp3) is 0.308. The largest absolute Gasteiger partial charge is 0.378 e. The van der Waals surface area contributed by atoms with E-state index in [-0.39, 0.29) is 5.17 Å². The second-order valence-electron chi connectivity index (χ2n) is 8.60. The van der Waals surface area contributed by atoms with Crippen molar-refractivity contribution in [3.05, 3.63) is 66.2 Å². The first-order valence-electron chi connectivity index (χ1n) is 12.1. The molecule has 0 spiro atoms. The van der Waals surface area contributed by atoms with Crippen molar-refractivity contribution in [3.8, 4) is 0 Å². The van der Waals surface area contributed by atoms with Gasteiger partial charge in [-0.1, -0.05) is 6.07 Å². The molecule has 0 atom stereocenters. The zero-order valence-electron chi connectivity index (χ0n) is 20.2. The minimum Gasteiger partial charge on any atom is -0.378 e. The molecule has 0 unspecified atom stereocenters. The number of fused-ring (bicyclic) bond motifs is 1. The van der Waals surface area contributed by atoms with Gasteiger partial charge < -0.3 is 21.4 Å². The number of aromatic nitrogens is 3. The predicted molar refractivity (Wildman–Crippen MR) is 148 cm³/mol. The van der Waals surface area contributed by atoms with Crippen LogP contribution < -0.4 is 11.1 Å². The van der Waals surface area contributed by atoms with Crippen LogP contribution in [0.2, 0.25) is 0 Å². The Balaban J connectivity index is 1.38. The molecular weight excluding hydrogens is 470 g/mol. The van der Waals surface area contributed by atoms with Crippen molar-refractivity contribution in [3.63, 3.8) is 0 Å². The van der Waals surface area contributed by atoms with E-state index in [4.69, 9.17) is 16.6 Å². The van der Waals surface area contributed by atoms with Gasteiger partial charge in [0.25, 0.3) is 0 Å². The highest BCUT2D eigenvalue weighted by atomic mass is 32.2. The van der Waals surface area contributed by atoms with Gasteiger partial charge in [0, 0.05) is 49.3 Å². The molecule has 186 valence electrons. The SMILES string of the molecule is N=C/C(=C\[NH2+]CCCN1CCCC1)c1cnc2ccc(N=C(N)SC(=N)Cc3ccccn3)nc2c1. The standard InChI is InChI=1S/C26H31N9S/c27-16-20(17-30-9-5-13-35-11-3-4-12-35)19-14-23-22(32-18-19)7-8-25(33-23)34-26(29)36-24(28)15-21-6-1-2-10-31-21/h1-2,6-8,10,14,16-18,27-28,30H,3-5,9,11-13,15H2,(H2,29,33,34)/p+1/b20-17+,27-16?,28-24?. The van der Waals surface area contributed by atoms with E-state index in [1.54, 1.807) is 18.5 Å². The minimum atomic E-state index is 0.246. The van der Waals surface area contributed by atoms with Crippen LogP contribution in [0.1, 0.15) is 30.5 Å². The second-order valence-corrected chi connectivity index (χ2v) is 9.71. The van der Waals surface area contributed by atoms with Gasteiger partial charge in [0.2, 0.25) is 0 Å². The Kier molecular flexibility index (Phi) is 9.26. The normalized spacial score (nSPS) is 14.9. The van der Waals surface area contributed by atoms with Crippen LogP contribution in [-0.2, 0) is 6.42 Å². The Morgan fingerprint density at radius 1 is 1.17 bits per heavy atom. The maximum absolute atomic E-state index is 8.17. The molecule has 1 aliphatic heterocycles. The van der Waals surface area contributed by atoms with Crippen molar-refractivity contribution < 1.29 is 5.32 Å². The molecule has 9 nitrogen and oxygen atoms in total. The van der Waals surface area contributed by atoms with Crippen LogP contribution in [0.25, 0.3) is 16.6 Å². The van der Waals surface area contributed by atoms with Gasteiger partial charge in [-0.3, -0.25) is 15.4 Å². The lowest BCUT2D eigenvalue weighted by Crippen LogP contribution is -2.78. The van der Waals surface area contributed by atoms with E-state index in [1.165, 1.54) is 32.1 Å². The molecule has 1 saturated heterocycles.